The second-order valence-electron chi connectivity index (χ2n) is 9.45. The van der Waals surface area contributed by atoms with Crippen LogP contribution in [0.2, 0.25) is 0 Å². The number of aromatic nitrogens is 2. The van der Waals surface area contributed by atoms with E-state index in [-0.39, 0.29) is 0 Å². The van der Waals surface area contributed by atoms with Gasteiger partial charge in [-0.05, 0) is 24.3 Å². The summed E-state index contributed by atoms with van der Waals surface area (Å²) in [5.74, 6) is -6.33. The molecule has 43 heavy (non-hydrogen) atoms. The number of hydrogen-bond donors (Lipinski definition) is 7. The molecule has 2 aromatic rings. The molecule has 8 N–H and O–H groups in total. The Bertz CT molecular complexity index is 1530. The van der Waals surface area contributed by atoms with Gasteiger partial charge in [0.25, 0.3) is 11.5 Å². The summed E-state index contributed by atoms with van der Waals surface area (Å²) in [6.07, 6.45) is -16.2. The van der Waals surface area contributed by atoms with Crippen LogP contribution < -0.4 is 22.3 Å². The van der Waals surface area contributed by atoms with Gasteiger partial charge in [0.2, 0.25) is 12.2 Å². The topological polar surface area (TPSA) is 236 Å². The summed E-state index contributed by atoms with van der Waals surface area (Å²) in [6.45, 7) is -0.852. The summed E-state index contributed by atoms with van der Waals surface area (Å²) in [4.78, 5) is 50.7. The van der Waals surface area contributed by atoms with Crippen LogP contribution in [0.1, 0.15) is 11.8 Å². The molecule has 3 heterocycles. The third kappa shape index (κ3) is 6.60. The van der Waals surface area contributed by atoms with Crippen molar-refractivity contribution in [2.75, 3.05) is 11.9 Å². The van der Waals surface area contributed by atoms with Crippen LogP contribution in [0.5, 0.6) is 0 Å². The Morgan fingerprint density at radius 1 is 1.16 bits per heavy atom. The van der Waals surface area contributed by atoms with Gasteiger partial charge in [-0.1, -0.05) is 0 Å². The molecule has 2 aliphatic rings. The standard InChI is InChI=1S/C24H24F4N4O11/c25-11-2-1-8(5-10(11)24(26,27)28)30-20(39)13-6-12(34)16(37)22(41-13)43-18(19(29)38)17-9(7-33)15(36)21(42-17)32-4-3-14(35)31-23(32)40/h1-6,9,12,15-18,21-22,33-34,36-37H,7H2,(H2,29,38)(H,30,39)(H,31,35,40)/t9-,12-,15+,16-,17-,18+,21+,22+/m0/s1. The zero-order chi connectivity index (χ0) is 31.8. The van der Waals surface area contributed by atoms with Gasteiger partial charge in [-0.2, -0.15) is 13.2 Å². The van der Waals surface area contributed by atoms with E-state index in [0.717, 1.165) is 22.9 Å². The van der Waals surface area contributed by atoms with Crippen molar-refractivity contribution in [3.63, 3.8) is 0 Å². The smallest absolute Gasteiger partial charge is 0.419 e. The maximum atomic E-state index is 13.6. The van der Waals surface area contributed by atoms with Crippen molar-refractivity contribution in [1.29, 1.82) is 0 Å². The Kier molecular flexibility index (Phi) is 9.04. The molecule has 1 aromatic carbocycles. The molecule has 8 atom stereocenters. The van der Waals surface area contributed by atoms with Gasteiger partial charge >= 0.3 is 11.9 Å². The molecule has 1 fully saturated rings. The van der Waals surface area contributed by atoms with Crippen LogP contribution in [0, 0.1) is 11.7 Å². The van der Waals surface area contributed by atoms with E-state index >= 15 is 0 Å². The molecule has 1 aromatic heterocycles. The summed E-state index contributed by atoms with van der Waals surface area (Å²) in [6, 6.07) is 2.51. The molecule has 0 spiro atoms. The number of H-pyrrole nitrogens is 1. The molecule has 19 heteroatoms. The predicted molar refractivity (Wildman–Crippen MR) is 131 cm³/mol. The molecular weight excluding hydrogens is 596 g/mol. The van der Waals surface area contributed by atoms with Crippen LogP contribution >= 0.6 is 0 Å². The lowest BCUT2D eigenvalue weighted by Gasteiger charge is -2.35. The number of carbonyl (C=O) groups is 2. The highest BCUT2D eigenvalue weighted by Gasteiger charge is 2.51. The Hall–Kier alpha value is -4.14. The SMILES string of the molecule is NC(=O)[C@H](O[C@H]1OC(C(=O)Nc2ccc(F)c(C(F)(F)F)c2)=C[C@H](O)[C@@H]1O)[C@H]1O[C@@H](n2ccc(=O)[nH]c2=O)[C@H](O)[C@@H]1CO. The Morgan fingerprint density at radius 2 is 1.86 bits per heavy atom. The highest BCUT2D eigenvalue weighted by atomic mass is 19.4. The molecule has 4 rings (SSSR count). The van der Waals surface area contributed by atoms with Crippen LogP contribution in [-0.4, -0.2) is 85.2 Å². The third-order valence-corrected chi connectivity index (χ3v) is 6.59. The van der Waals surface area contributed by atoms with Gasteiger partial charge in [0.05, 0.1) is 12.2 Å². The number of anilines is 1. The molecule has 0 aliphatic carbocycles. The van der Waals surface area contributed by atoms with Crippen LogP contribution in [0.15, 0.2) is 51.9 Å². The number of hydrogen-bond acceptors (Lipinski definition) is 11. The fourth-order valence-corrected chi connectivity index (χ4v) is 4.46. The van der Waals surface area contributed by atoms with E-state index in [9.17, 15) is 57.2 Å². The average Bonchev–Trinajstić information content (AvgIpc) is 3.24. The second kappa shape index (κ2) is 12.2. The monoisotopic (exact) mass is 620 g/mol. The van der Waals surface area contributed by atoms with Crippen LogP contribution in [0.25, 0.3) is 0 Å². The molecule has 15 nitrogen and oxygen atoms in total. The number of aliphatic hydroxyl groups excluding tert-OH is 4. The van der Waals surface area contributed by atoms with E-state index in [1.807, 2.05) is 10.3 Å². The molecule has 234 valence electrons. The normalized spacial score (nSPS) is 28.1. The van der Waals surface area contributed by atoms with Crippen LogP contribution in [-0.2, 0) is 30.0 Å². The van der Waals surface area contributed by atoms with E-state index in [0.29, 0.717) is 18.2 Å². The Morgan fingerprint density at radius 3 is 2.47 bits per heavy atom. The number of benzene rings is 1. The highest BCUT2D eigenvalue weighted by molar-refractivity contribution is 6.02. The van der Waals surface area contributed by atoms with Gasteiger partial charge in [0, 0.05) is 23.9 Å². The number of amides is 2. The van der Waals surface area contributed by atoms with Gasteiger partial charge in [-0.25, -0.2) is 9.18 Å². The number of aromatic amines is 1. The summed E-state index contributed by atoms with van der Waals surface area (Å²) < 4.78 is 69.7. The lowest BCUT2D eigenvalue weighted by atomic mass is 9.94. The molecular formula is C24H24F4N4O11. The minimum Gasteiger partial charge on any atom is -0.456 e. The fourth-order valence-electron chi connectivity index (χ4n) is 4.46. The summed E-state index contributed by atoms with van der Waals surface area (Å²) in [7, 11) is 0. The van der Waals surface area contributed by atoms with Gasteiger partial charge in [0.15, 0.2) is 18.1 Å². The molecule has 2 aliphatic heterocycles. The Labute approximate surface area is 236 Å². The molecule has 1 saturated heterocycles. The first-order valence-electron chi connectivity index (χ1n) is 12.3. The molecule has 0 unspecified atom stereocenters. The summed E-state index contributed by atoms with van der Waals surface area (Å²) >= 11 is 0. The van der Waals surface area contributed by atoms with Gasteiger partial charge in [0.1, 0.15) is 30.2 Å². The quantitative estimate of drug-likeness (QED) is 0.160. The van der Waals surface area contributed by atoms with Crippen molar-refractivity contribution in [2.24, 2.45) is 11.7 Å². The van der Waals surface area contributed by atoms with Crippen molar-refractivity contribution < 1.29 is 61.8 Å². The maximum absolute atomic E-state index is 13.6. The lowest BCUT2D eigenvalue weighted by Crippen LogP contribution is -2.52. The number of alkyl halides is 3. The number of ether oxygens (including phenoxy) is 3. The first-order valence-corrected chi connectivity index (χ1v) is 12.3. The number of nitrogens with two attached hydrogens (primary N) is 1. The van der Waals surface area contributed by atoms with E-state index in [1.54, 1.807) is 0 Å². The van der Waals surface area contributed by atoms with Gasteiger partial charge in [-0.15, -0.1) is 0 Å². The number of aliphatic hydroxyl groups is 4. The Balaban J connectivity index is 1.55. The minimum atomic E-state index is -5.08. The number of nitrogens with one attached hydrogen (secondary N) is 2. The lowest BCUT2D eigenvalue weighted by molar-refractivity contribution is -0.239. The zero-order valence-corrected chi connectivity index (χ0v) is 21.5. The summed E-state index contributed by atoms with van der Waals surface area (Å²) in [5.41, 5.74) is 1.46. The minimum absolute atomic E-state index is 0.306. The first kappa shape index (κ1) is 31.8. The maximum Gasteiger partial charge on any atom is 0.419 e. The van der Waals surface area contributed by atoms with Crippen molar-refractivity contribution in [1.82, 2.24) is 9.55 Å². The fraction of sp³-hybridized carbons (Fsp3) is 0.417. The van der Waals surface area contributed by atoms with E-state index < -0.39 is 108 Å². The third-order valence-electron chi connectivity index (χ3n) is 6.59. The zero-order valence-electron chi connectivity index (χ0n) is 21.5. The van der Waals surface area contributed by atoms with Crippen molar-refractivity contribution in [2.45, 2.75) is 49.2 Å². The molecule has 0 saturated carbocycles. The number of rotatable bonds is 8. The van der Waals surface area contributed by atoms with E-state index in [1.165, 1.54) is 0 Å². The van der Waals surface area contributed by atoms with Gasteiger partial charge < -0.3 is 45.7 Å². The molecule has 0 bridgehead atoms. The van der Waals surface area contributed by atoms with Crippen LogP contribution in [0.4, 0.5) is 23.2 Å². The van der Waals surface area contributed by atoms with Crippen molar-refractivity contribution in [3.05, 3.63) is 74.5 Å². The van der Waals surface area contributed by atoms with Gasteiger partial charge in [-0.3, -0.25) is 23.9 Å². The number of halogens is 4. The van der Waals surface area contributed by atoms with Crippen molar-refractivity contribution in [3.8, 4) is 0 Å². The highest BCUT2D eigenvalue weighted by Crippen LogP contribution is 2.37. The van der Waals surface area contributed by atoms with E-state index in [2.05, 4.69) is 0 Å². The molecule has 0 radical (unpaired) electrons. The molecule has 2 amide bonds. The second-order valence-corrected chi connectivity index (χ2v) is 9.45. The summed E-state index contributed by atoms with van der Waals surface area (Å²) in [5, 5.41) is 43.3. The average molecular weight is 620 g/mol. The van der Waals surface area contributed by atoms with E-state index in [4.69, 9.17) is 19.9 Å². The predicted octanol–water partition coefficient (Wildman–Crippen LogP) is -1.97. The number of carbonyl (C=O) groups excluding carboxylic acids is 2. The largest absolute Gasteiger partial charge is 0.456 e. The first-order chi connectivity index (χ1) is 20.1. The van der Waals surface area contributed by atoms with Crippen molar-refractivity contribution >= 4 is 17.5 Å². The number of primary amides is 1. The van der Waals surface area contributed by atoms with Crippen LogP contribution in [0.3, 0.4) is 0 Å². The number of nitrogens with zero attached hydrogens (tertiary/aromatic N) is 1.